The highest BCUT2D eigenvalue weighted by Crippen LogP contribution is 2.31. The summed E-state index contributed by atoms with van der Waals surface area (Å²) in [6, 6.07) is 6.27. The van der Waals surface area contributed by atoms with E-state index in [-0.39, 0.29) is 0 Å². The van der Waals surface area contributed by atoms with Crippen molar-refractivity contribution < 1.29 is 21.6 Å². The minimum atomic E-state index is -5.35. The second kappa shape index (κ2) is 9.30. The summed E-state index contributed by atoms with van der Waals surface area (Å²) in [5.74, 6) is 0.370. The van der Waals surface area contributed by atoms with Crippen molar-refractivity contribution in [2.75, 3.05) is 0 Å². The lowest BCUT2D eigenvalue weighted by atomic mass is 10.1. The molecule has 0 unspecified atom stereocenters. The number of halogens is 3. The third kappa shape index (κ3) is 5.76. The Bertz CT molecular complexity index is 835. The summed E-state index contributed by atoms with van der Waals surface area (Å²) >= 11 is 0. The Morgan fingerprint density at radius 3 is 2.19 bits per heavy atom. The van der Waals surface area contributed by atoms with Gasteiger partial charge >= 0.3 is 5.51 Å². The van der Waals surface area contributed by atoms with Crippen molar-refractivity contribution in [3.05, 3.63) is 42.2 Å². The van der Waals surface area contributed by atoms with E-state index in [0.29, 0.717) is 11.4 Å². The lowest BCUT2D eigenvalue weighted by Gasteiger charge is -2.09. The number of unbranched alkanes of at least 4 members (excludes halogenated alkanes) is 5. The van der Waals surface area contributed by atoms with Gasteiger partial charge in [-0.25, -0.2) is 18.4 Å². The quantitative estimate of drug-likeness (QED) is 0.533. The zero-order valence-corrected chi connectivity index (χ0v) is 16.0. The van der Waals surface area contributed by atoms with Crippen molar-refractivity contribution in [3.63, 3.8) is 0 Å². The zero-order valence-electron chi connectivity index (χ0n) is 15.2. The summed E-state index contributed by atoms with van der Waals surface area (Å²) in [5, 5.41) is 0. The molecule has 148 valence electrons. The average molecular weight is 400 g/mol. The fraction of sp³-hybridized carbons (Fsp3) is 0.474. The van der Waals surface area contributed by atoms with Gasteiger partial charge in [0.1, 0.15) is 0 Å². The topological polar surface area (TPSA) is 59.9 Å². The van der Waals surface area contributed by atoms with Gasteiger partial charge in [0.25, 0.3) is 9.84 Å². The second-order valence-electron chi connectivity index (χ2n) is 6.36. The first kappa shape index (κ1) is 21.3. The van der Waals surface area contributed by atoms with Crippen molar-refractivity contribution in [1.82, 2.24) is 9.97 Å². The fourth-order valence-electron chi connectivity index (χ4n) is 2.68. The molecular weight excluding hydrogens is 377 g/mol. The number of hydrogen-bond donors (Lipinski definition) is 0. The van der Waals surface area contributed by atoms with E-state index in [1.807, 2.05) is 6.07 Å². The molecule has 0 radical (unpaired) electrons. The Labute approximate surface area is 157 Å². The van der Waals surface area contributed by atoms with E-state index >= 15 is 0 Å². The lowest BCUT2D eigenvalue weighted by Crippen LogP contribution is -2.23. The minimum absolute atomic E-state index is 0.370. The maximum absolute atomic E-state index is 12.6. The average Bonchev–Trinajstić information content (AvgIpc) is 2.64. The van der Waals surface area contributed by atoms with Crippen LogP contribution >= 0.6 is 0 Å². The van der Waals surface area contributed by atoms with Crippen LogP contribution in [-0.4, -0.2) is 23.9 Å². The number of aryl methyl sites for hydroxylation is 1. The maximum Gasteiger partial charge on any atom is 0.501 e. The SMILES string of the molecule is CCCCCCCCc1ccnc(-c2ccc(S(=O)(=O)C(F)(F)F)cc2)n1. The molecule has 0 spiro atoms. The highest BCUT2D eigenvalue weighted by molar-refractivity contribution is 7.92. The Morgan fingerprint density at radius 1 is 0.926 bits per heavy atom. The molecule has 0 saturated heterocycles. The predicted molar refractivity (Wildman–Crippen MR) is 97.8 cm³/mol. The van der Waals surface area contributed by atoms with Crippen LogP contribution in [0.4, 0.5) is 13.2 Å². The molecule has 0 aliphatic heterocycles. The first-order valence-corrected chi connectivity index (χ1v) is 10.5. The van der Waals surface area contributed by atoms with Crippen LogP contribution in [-0.2, 0) is 16.3 Å². The number of alkyl halides is 3. The Balaban J connectivity index is 2.04. The Hall–Kier alpha value is -1.96. The van der Waals surface area contributed by atoms with Gasteiger partial charge in [-0.1, -0.05) is 39.0 Å². The molecule has 0 aliphatic carbocycles. The van der Waals surface area contributed by atoms with Crippen molar-refractivity contribution in [2.24, 2.45) is 0 Å². The highest BCUT2D eigenvalue weighted by Gasteiger charge is 2.46. The van der Waals surface area contributed by atoms with E-state index in [1.54, 1.807) is 6.20 Å². The molecule has 2 aromatic rings. The normalized spacial score (nSPS) is 12.3. The van der Waals surface area contributed by atoms with Gasteiger partial charge in [-0.3, -0.25) is 0 Å². The molecule has 27 heavy (non-hydrogen) atoms. The molecule has 1 heterocycles. The molecule has 1 aromatic heterocycles. The third-order valence-electron chi connectivity index (χ3n) is 4.23. The summed E-state index contributed by atoms with van der Waals surface area (Å²) in [7, 11) is -5.35. The molecule has 0 fully saturated rings. The standard InChI is InChI=1S/C19H23F3N2O2S/c1-2-3-4-5-6-7-8-16-13-14-23-18(24-16)15-9-11-17(12-10-15)27(25,26)19(20,21)22/h9-14H,2-8H2,1H3. The van der Waals surface area contributed by atoms with Gasteiger partial charge in [0.2, 0.25) is 0 Å². The van der Waals surface area contributed by atoms with Crippen LogP contribution in [0.1, 0.15) is 51.1 Å². The maximum atomic E-state index is 12.6. The number of sulfone groups is 1. The van der Waals surface area contributed by atoms with Gasteiger partial charge in [-0.15, -0.1) is 0 Å². The lowest BCUT2D eigenvalue weighted by molar-refractivity contribution is -0.0436. The number of benzene rings is 1. The number of aromatic nitrogens is 2. The first-order valence-electron chi connectivity index (χ1n) is 8.99. The fourth-order valence-corrected chi connectivity index (χ4v) is 3.44. The van der Waals surface area contributed by atoms with Crippen molar-refractivity contribution in [2.45, 2.75) is 62.3 Å². The van der Waals surface area contributed by atoms with Crippen LogP contribution in [0.3, 0.4) is 0 Å². The molecule has 0 atom stereocenters. The summed E-state index contributed by atoms with van der Waals surface area (Å²) in [6.07, 6.45) is 9.44. The Morgan fingerprint density at radius 2 is 1.56 bits per heavy atom. The van der Waals surface area contributed by atoms with Crippen molar-refractivity contribution in [1.29, 1.82) is 0 Å². The predicted octanol–water partition coefficient (Wildman–Crippen LogP) is 5.34. The van der Waals surface area contributed by atoms with Gasteiger partial charge in [0.15, 0.2) is 5.82 Å². The molecule has 8 heteroatoms. The van der Waals surface area contributed by atoms with E-state index in [9.17, 15) is 21.6 Å². The van der Waals surface area contributed by atoms with Crippen LogP contribution in [0, 0.1) is 0 Å². The van der Waals surface area contributed by atoms with Gasteiger partial charge in [0, 0.05) is 17.5 Å². The van der Waals surface area contributed by atoms with E-state index in [2.05, 4.69) is 16.9 Å². The Kier molecular flexibility index (Phi) is 7.35. The van der Waals surface area contributed by atoms with Gasteiger partial charge in [-0.05, 0) is 43.2 Å². The van der Waals surface area contributed by atoms with Crippen molar-refractivity contribution >= 4 is 9.84 Å². The summed E-state index contributed by atoms with van der Waals surface area (Å²) < 4.78 is 60.6. The largest absolute Gasteiger partial charge is 0.501 e. The number of hydrogen-bond acceptors (Lipinski definition) is 4. The monoisotopic (exact) mass is 400 g/mol. The van der Waals surface area contributed by atoms with Crippen LogP contribution in [0.2, 0.25) is 0 Å². The molecule has 0 amide bonds. The van der Waals surface area contributed by atoms with Crippen LogP contribution in [0.5, 0.6) is 0 Å². The van der Waals surface area contributed by atoms with Crippen LogP contribution in [0.15, 0.2) is 41.4 Å². The summed E-state index contributed by atoms with van der Waals surface area (Å²) in [5.41, 5.74) is -3.98. The number of nitrogens with zero attached hydrogens (tertiary/aromatic N) is 2. The molecule has 0 saturated carbocycles. The van der Waals surface area contributed by atoms with Crippen LogP contribution < -0.4 is 0 Å². The molecule has 0 bridgehead atoms. The molecule has 0 aliphatic rings. The van der Waals surface area contributed by atoms with E-state index < -0.39 is 20.2 Å². The van der Waals surface area contributed by atoms with Gasteiger partial charge in [-0.2, -0.15) is 13.2 Å². The minimum Gasteiger partial charge on any atom is -0.237 e. The second-order valence-corrected chi connectivity index (χ2v) is 8.30. The molecular formula is C19H23F3N2O2S. The van der Waals surface area contributed by atoms with Gasteiger partial charge < -0.3 is 0 Å². The molecule has 0 N–H and O–H groups in total. The van der Waals surface area contributed by atoms with Gasteiger partial charge in [0.05, 0.1) is 4.90 Å². The first-order chi connectivity index (χ1) is 12.8. The molecule has 2 rings (SSSR count). The zero-order chi connectivity index (χ0) is 19.9. The summed E-state index contributed by atoms with van der Waals surface area (Å²) in [6.45, 7) is 2.17. The molecule has 1 aromatic carbocycles. The van der Waals surface area contributed by atoms with Crippen LogP contribution in [0.25, 0.3) is 11.4 Å². The summed E-state index contributed by atoms with van der Waals surface area (Å²) in [4.78, 5) is 7.78. The number of rotatable bonds is 9. The molecule has 4 nitrogen and oxygen atoms in total. The van der Waals surface area contributed by atoms with E-state index in [0.717, 1.165) is 37.1 Å². The third-order valence-corrected chi connectivity index (χ3v) is 5.73. The van der Waals surface area contributed by atoms with Crippen molar-refractivity contribution in [3.8, 4) is 11.4 Å². The van der Waals surface area contributed by atoms with E-state index in [1.165, 1.54) is 37.8 Å². The highest BCUT2D eigenvalue weighted by atomic mass is 32.2. The smallest absolute Gasteiger partial charge is 0.237 e. The van der Waals surface area contributed by atoms with E-state index in [4.69, 9.17) is 0 Å².